The third-order valence-electron chi connectivity index (χ3n) is 4.75. The van der Waals surface area contributed by atoms with E-state index in [4.69, 9.17) is 4.74 Å². The Labute approximate surface area is 170 Å². The van der Waals surface area contributed by atoms with Crippen molar-refractivity contribution in [2.24, 2.45) is 0 Å². The molecule has 0 aliphatic carbocycles. The van der Waals surface area contributed by atoms with Gasteiger partial charge >= 0.3 is 6.03 Å². The monoisotopic (exact) mass is 413 g/mol. The second-order valence-electron chi connectivity index (χ2n) is 6.54. The minimum Gasteiger partial charge on any atom is -0.497 e. The SMILES string of the molecule is COc1ccc(NC(=O)N2CCN(c3nc4ccc([N+](=O)[O-])cc4s3)CC2)cc1. The fourth-order valence-corrected chi connectivity index (χ4v) is 4.18. The summed E-state index contributed by atoms with van der Waals surface area (Å²) in [6.07, 6.45) is 0. The highest BCUT2D eigenvalue weighted by atomic mass is 32.1. The number of piperazine rings is 1. The molecule has 0 bridgehead atoms. The number of rotatable bonds is 4. The van der Waals surface area contributed by atoms with Crippen molar-refractivity contribution in [3.05, 3.63) is 52.6 Å². The van der Waals surface area contributed by atoms with Gasteiger partial charge in [-0.05, 0) is 30.3 Å². The van der Waals surface area contributed by atoms with Crippen LogP contribution in [0.25, 0.3) is 10.2 Å². The second kappa shape index (κ2) is 7.92. The summed E-state index contributed by atoms with van der Waals surface area (Å²) in [6.45, 7) is 2.44. The molecule has 0 saturated carbocycles. The van der Waals surface area contributed by atoms with Gasteiger partial charge in [0.25, 0.3) is 5.69 Å². The maximum Gasteiger partial charge on any atom is 0.321 e. The summed E-state index contributed by atoms with van der Waals surface area (Å²) in [4.78, 5) is 31.5. The van der Waals surface area contributed by atoms with E-state index in [-0.39, 0.29) is 11.7 Å². The molecule has 1 saturated heterocycles. The number of non-ortho nitro benzene ring substituents is 1. The Hall–Kier alpha value is -3.40. The van der Waals surface area contributed by atoms with Gasteiger partial charge in [-0.25, -0.2) is 9.78 Å². The molecule has 1 aliphatic rings. The Kier molecular flexibility index (Phi) is 5.17. The maximum atomic E-state index is 12.5. The Bertz CT molecular complexity index is 1040. The fourth-order valence-electron chi connectivity index (χ4n) is 3.13. The summed E-state index contributed by atoms with van der Waals surface area (Å²) in [5.74, 6) is 0.734. The van der Waals surface area contributed by atoms with Crippen LogP contribution >= 0.6 is 11.3 Å². The number of hydrogen-bond donors (Lipinski definition) is 1. The molecule has 2 heterocycles. The van der Waals surface area contributed by atoms with E-state index >= 15 is 0 Å². The Morgan fingerprint density at radius 2 is 1.90 bits per heavy atom. The van der Waals surface area contributed by atoms with Crippen molar-refractivity contribution in [3.8, 4) is 5.75 Å². The third-order valence-corrected chi connectivity index (χ3v) is 5.83. The summed E-state index contributed by atoms with van der Waals surface area (Å²) in [5.41, 5.74) is 1.52. The van der Waals surface area contributed by atoms with E-state index in [1.54, 1.807) is 48.4 Å². The number of benzene rings is 2. The number of amides is 2. The first-order valence-corrected chi connectivity index (χ1v) is 9.85. The van der Waals surface area contributed by atoms with Gasteiger partial charge in [0.05, 0.1) is 22.2 Å². The number of nitro benzene ring substituents is 1. The number of nitrogens with zero attached hydrogens (tertiary/aromatic N) is 4. The number of thiazole rings is 1. The molecule has 0 unspecified atom stereocenters. The van der Waals surface area contributed by atoms with Crippen LogP contribution in [0.1, 0.15) is 0 Å². The first-order chi connectivity index (χ1) is 14.0. The number of anilines is 2. The minimum atomic E-state index is -0.404. The van der Waals surface area contributed by atoms with E-state index in [1.807, 2.05) is 0 Å². The highest BCUT2D eigenvalue weighted by Gasteiger charge is 2.23. The number of carbonyl (C=O) groups is 1. The summed E-state index contributed by atoms with van der Waals surface area (Å²) in [6, 6.07) is 11.7. The van der Waals surface area contributed by atoms with Crippen molar-refractivity contribution in [1.29, 1.82) is 0 Å². The molecule has 1 N–H and O–H groups in total. The van der Waals surface area contributed by atoms with Crippen molar-refractivity contribution in [2.45, 2.75) is 0 Å². The highest BCUT2D eigenvalue weighted by Crippen LogP contribution is 2.31. The number of nitrogens with one attached hydrogen (secondary N) is 1. The van der Waals surface area contributed by atoms with Gasteiger partial charge in [-0.2, -0.15) is 0 Å². The van der Waals surface area contributed by atoms with Gasteiger partial charge in [0.2, 0.25) is 0 Å². The van der Waals surface area contributed by atoms with E-state index in [0.717, 1.165) is 21.1 Å². The summed E-state index contributed by atoms with van der Waals surface area (Å²) < 4.78 is 5.90. The molecule has 2 amide bonds. The van der Waals surface area contributed by atoms with Crippen molar-refractivity contribution in [2.75, 3.05) is 43.5 Å². The Morgan fingerprint density at radius 1 is 1.17 bits per heavy atom. The van der Waals surface area contributed by atoms with Crippen molar-refractivity contribution in [3.63, 3.8) is 0 Å². The average Bonchev–Trinajstić information content (AvgIpc) is 3.17. The van der Waals surface area contributed by atoms with Gasteiger partial charge in [0.15, 0.2) is 5.13 Å². The van der Waals surface area contributed by atoms with Crippen molar-refractivity contribution < 1.29 is 14.5 Å². The number of aromatic nitrogens is 1. The first-order valence-electron chi connectivity index (χ1n) is 9.03. The number of hydrogen-bond acceptors (Lipinski definition) is 7. The van der Waals surface area contributed by atoms with Crippen LogP contribution < -0.4 is 15.0 Å². The average molecular weight is 413 g/mol. The Balaban J connectivity index is 1.37. The molecule has 10 heteroatoms. The Morgan fingerprint density at radius 3 is 2.55 bits per heavy atom. The van der Waals surface area contributed by atoms with Crippen molar-refractivity contribution in [1.82, 2.24) is 9.88 Å². The number of carbonyl (C=O) groups excluding carboxylic acids is 1. The lowest BCUT2D eigenvalue weighted by molar-refractivity contribution is -0.384. The van der Waals surface area contributed by atoms with E-state index in [1.165, 1.54) is 17.4 Å². The smallest absolute Gasteiger partial charge is 0.321 e. The van der Waals surface area contributed by atoms with Crippen LogP contribution in [0.15, 0.2) is 42.5 Å². The first kappa shape index (κ1) is 18.9. The molecule has 2 aromatic carbocycles. The third kappa shape index (κ3) is 4.06. The minimum absolute atomic E-state index is 0.0627. The number of methoxy groups -OCH3 is 1. The van der Waals surface area contributed by atoms with Crippen LogP contribution in [0.2, 0.25) is 0 Å². The molecule has 150 valence electrons. The zero-order chi connectivity index (χ0) is 20.4. The molecule has 0 atom stereocenters. The largest absolute Gasteiger partial charge is 0.497 e. The van der Waals surface area contributed by atoms with E-state index in [9.17, 15) is 14.9 Å². The molecule has 9 nitrogen and oxygen atoms in total. The van der Waals surface area contributed by atoms with Crippen LogP contribution in [0.3, 0.4) is 0 Å². The van der Waals surface area contributed by atoms with Gasteiger partial charge in [0.1, 0.15) is 5.75 Å². The summed E-state index contributed by atoms with van der Waals surface area (Å²) in [7, 11) is 1.60. The maximum absolute atomic E-state index is 12.5. The van der Waals surface area contributed by atoms with Crippen LogP contribution in [-0.2, 0) is 0 Å². The van der Waals surface area contributed by atoms with Gasteiger partial charge in [-0.3, -0.25) is 10.1 Å². The highest BCUT2D eigenvalue weighted by molar-refractivity contribution is 7.22. The molecule has 29 heavy (non-hydrogen) atoms. The van der Waals surface area contributed by atoms with Gasteiger partial charge < -0.3 is 19.9 Å². The lowest BCUT2D eigenvalue weighted by Gasteiger charge is -2.34. The molecule has 1 aromatic heterocycles. The predicted octanol–water partition coefficient (Wildman–Crippen LogP) is 3.57. The summed E-state index contributed by atoms with van der Waals surface area (Å²) in [5, 5.41) is 14.7. The van der Waals surface area contributed by atoms with Crippen molar-refractivity contribution >= 4 is 44.1 Å². The predicted molar refractivity (Wildman–Crippen MR) is 112 cm³/mol. The molecule has 0 spiro atoms. The number of nitro groups is 1. The standard InChI is InChI=1S/C19H19N5O4S/c1-28-15-5-2-13(3-6-15)20-18(25)22-8-10-23(11-9-22)19-21-16-7-4-14(24(26)27)12-17(16)29-19/h2-7,12H,8-11H2,1H3,(H,20,25). The molecule has 0 radical (unpaired) electrons. The molecule has 1 fully saturated rings. The molecule has 1 aliphatic heterocycles. The second-order valence-corrected chi connectivity index (χ2v) is 7.55. The molecule has 3 aromatic rings. The quantitative estimate of drug-likeness (QED) is 0.518. The molecular formula is C19H19N5O4S. The zero-order valence-electron chi connectivity index (χ0n) is 15.7. The van der Waals surface area contributed by atoms with Gasteiger partial charge in [-0.15, -0.1) is 0 Å². The van der Waals surface area contributed by atoms with Gasteiger partial charge in [-0.1, -0.05) is 11.3 Å². The van der Waals surface area contributed by atoms with Gasteiger partial charge in [0, 0.05) is 44.0 Å². The topological polar surface area (TPSA) is 101 Å². The number of ether oxygens (including phenoxy) is 1. The zero-order valence-corrected chi connectivity index (χ0v) is 16.5. The fraction of sp³-hybridized carbons (Fsp3) is 0.263. The van der Waals surface area contributed by atoms with Crippen LogP contribution in [0, 0.1) is 10.1 Å². The lowest BCUT2D eigenvalue weighted by atomic mass is 10.3. The van der Waals surface area contributed by atoms with E-state index < -0.39 is 4.92 Å². The van der Waals surface area contributed by atoms with Crippen LogP contribution in [0.4, 0.5) is 21.3 Å². The molecule has 4 rings (SSSR count). The number of fused-ring (bicyclic) bond motifs is 1. The molecular weight excluding hydrogens is 394 g/mol. The van der Waals surface area contributed by atoms with Crippen LogP contribution in [-0.4, -0.2) is 54.1 Å². The van der Waals surface area contributed by atoms with Crippen LogP contribution in [0.5, 0.6) is 5.75 Å². The lowest BCUT2D eigenvalue weighted by Crippen LogP contribution is -2.50. The number of urea groups is 1. The normalized spacial score (nSPS) is 14.1. The van der Waals surface area contributed by atoms with E-state index in [2.05, 4.69) is 15.2 Å². The van der Waals surface area contributed by atoms with E-state index in [0.29, 0.717) is 31.9 Å². The summed E-state index contributed by atoms with van der Waals surface area (Å²) >= 11 is 1.43.